The highest BCUT2D eigenvalue weighted by Crippen LogP contribution is 2.45. The molecule has 4 rings (SSSR count). The van der Waals surface area contributed by atoms with E-state index in [1.165, 1.54) is 24.8 Å². The second-order valence-electron chi connectivity index (χ2n) is 8.29. The van der Waals surface area contributed by atoms with Gasteiger partial charge in [0.1, 0.15) is 0 Å². The maximum Gasteiger partial charge on any atom is 0.320 e. The lowest BCUT2D eigenvalue weighted by molar-refractivity contribution is -0.145. The van der Waals surface area contributed by atoms with E-state index in [-0.39, 0.29) is 12.1 Å². The number of benzene rings is 1. The van der Waals surface area contributed by atoms with E-state index in [0.717, 1.165) is 31.9 Å². The Kier molecular flexibility index (Phi) is 5.60. The topological polar surface area (TPSA) is 38.8 Å². The quantitative estimate of drug-likeness (QED) is 0.696. The summed E-state index contributed by atoms with van der Waals surface area (Å²) in [7, 11) is 0. The van der Waals surface area contributed by atoms with Gasteiger partial charge in [0.05, 0.1) is 25.9 Å². The summed E-state index contributed by atoms with van der Waals surface area (Å²) in [5.41, 5.74) is 1.30. The zero-order chi connectivity index (χ0) is 17.9. The molecule has 0 spiro atoms. The van der Waals surface area contributed by atoms with Gasteiger partial charge in [-0.15, -0.1) is 0 Å². The minimum Gasteiger partial charge on any atom is -0.465 e. The molecule has 142 valence electrons. The lowest BCUT2D eigenvalue weighted by atomic mass is 9.86. The van der Waals surface area contributed by atoms with Crippen LogP contribution in [0.1, 0.15) is 50.7 Å². The summed E-state index contributed by atoms with van der Waals surface area (Å²) in [6.45, 7) is 4.73. The number of carbonyl (C=O) groups excluding carboxylic acids is 1. The van der Waals surface area contributed by atoms with Gasteiger partial charge in [-0.1, -0.05) is 30.3 Å². The molecule has 0 radical (unpaired) electrons. The molecule has 2 aliphatic carbocycles. The Bertz CT molecular complexity index is 601. The average molecular weight is 357 g/mol. The number of carbonyl (C=O) groups is 1. The Morgan fingerprint density at radius 3 is 2.65 bits per heavy atom. The first-order chi connectivity index (χ1) is 12.7. The van der Waals surface area contributed by atoms with Gasteiger partial charge >= 0.3 is 5.97 Å². The smallest absolute Gasteiger partial charge is 0.320 e. The molecule has 0 amide bonds. The van der Waals surface area contributed by atoms with Crippen molar-refractivity contribution in [2.24, 2.45) is 17.8 Å². The van der Waals surface area contributed by atoms with E-state index in [1.807, 2.05) is 6.92 Å². The van der Waals surface area contributed by atoms with Crippen LogP contribution in [0.25, 0.3) is 0 Å². The molecular weight excluding hydrogens is 326 g/mol. The molecule has 26 heavy (non-hydrogen) atoms. The van der Waals surface area contributed by atoms with Crippen LogP contribution in [0.3, 0.4) is 0 Å². The molecule has 3 fully saturated rings. The van der Waals surface area contributed by atoms with Crippen molar-refractivity contribution in [3.63, 3.8) is 0 Å². The van der Waals surface area contributed by atoms with Crippen LogP contribution >= 0.6 is 0 Å². The van der Waals surface area contributed by atoms with Crippen molar-refractivity contribution < 1.29 is 14.3 Å². The van der Waals surface area contributed by atoms with Crippen molar-refractivity contribution >= 4 is 5.97 Å². The van der Waals surface area contributed by atoms with Gasteiger partial charge in [0, 0.05) is 12.6 Å². The van der Waals surface area contributed by atoms with Crippen molar-refractivity contribution in [2.75, 3.05) is 26.3 Å². The van der Waals surface area contributed by atoms with Crippen LogP contribution in [-0.2, 0) is 14.3 Å². The van der Waals surface area contributed by atoms with Gasteiger partial charge in [-0.2, -0.15) is 0 Å². The standard InChI is InChI=1S/C22H31NO3/c1-2-25-22(24)14-23(13-16-8-9-16)20-10-18-12-21(26-15-19(18)11-20)17-6-4-3-5-7-17/h3-7,16,18-21H,2,8-15H2,1H3/t18-,19+,20-,21-/m0/s1. The number of esters is 1. The first-order valence-electron chi connectivity index (χ1n) is 10.3. The third kappa shape index (κ3) is 4.29. The van der Waals surface area contributed by atoms with Crippen molar-refractivity contribution in [1.82, 2.24) is 4.90 Å². The summed E-state index contributed by atoms with van der Waals surface area (Å²) in [4.78, 5) is 14.5. The molecule has 1 aromatic rings. The Morgan fingerprint density at radius 1 is 1.15 bits per heavy atom. The van der Waals surface area contributed by atoms with Gasteiger partial charge < -0.3 is 9.47 Å². The summed E-state index contributed by atoms with van der Waals surface area (Å²) >= 11 is 0. The minimum absolute atomic E-state index is 0.0681. The normalized spacial score (nSPS) is 31.0. The van der Waals surface area contributed by atoms with Gasteiger partial charge in [0.2, 0.25) is 0 Å². The highest BCUT2D eigenvalue weighted by Gasteiger charge is 2.42. The molecule has 4 atom stereocenters. The summed E-state index contributed by atoms with van der Waals surface area (Å²) in [6.07, 6.45) is 6.35. The number of hydrogen-bond acceptors (Lipinski definition) is 4. The lowest BCUT2D eigenvalue weighted by Gasteiger charge is -2.32. The Labute approximate surface area is 156 Å². The molecular formula is C22H31NO3. The monoisotopic (exact) mass is 357 g/mol. The van der Waals surface area contributed by atoms with E-state index in [0.29, 0.717) is 31.0 Å². The molecule has 1 aliphatic heterocycles. The van der Waals surface area contributed by atoms with E-state index in [2.05, 4.69) is 35.2 Å². The van der Waals surface area contributed by atoms with E-state index >= 15 is 0 Å². The molecule has 0 bridgehead atoms. The van der Waals surface area contributed by atoms with Crippen LogP contribution in [0.15, 0.2) is 30.3 Å². The first kappa shape index (κ1) is 18.0. The lowest BCUT2D eigenvalue weighted by Crippen LogP contribution is -2.40. The van der Waals surface area contributed by atoms with Crippen LogP contribution < -0.4 is 0 Å². The highest BCUT2D eigenvalue weighted by molar-refractivity contribution is 5.71. The predicted octanol–water partition coefficient (Wildman–Crippen LogP) is 3.82. The van der Waals surface area contributed by atoms with E-state index < -0.39 is 0 Å². The maximum atomic E-state index is 12.1. The SMILES string of the molecule is CCOC(=O)CN(CC1CC1)[C@@H]1C[C@@H]2CO[C@H](c3ccccc3)C[C@@H]2C1. The summed E-state index contributed by atoms with van der Waals surface area (Å²) < 4.78 is 11.4. The summed E-state index contributed by atoms with van der Waals surface area (Å²) in [5, 5.41) is 0. The molecule has 4 nitrogen and oxygen atoms in total. The number of rotatable bonds is 7. The third-order valence-electron chi connectivity index (χ3n) is 6.36. The Hall–Kier alpha value is -1.39. The fourth-order valence-electron chi connectivity index (χ4n) is 4.80. The third-order valence-corrected chi connectivity index (χ3v) is 6.36. The minimum atomic E-state index is -0.0681. The van der Waals surface area contributed by atoms with Crippen molar-refractivity contribution in [2.45, 2.75) is 51.2 Å². The first-order valence-corrected chi connectivity index (χ1v) is 10.3. The summed E-state index contributed by atoms with van der Waals surface area (Å²) in [6, 6.07) is 11.1. The molecule has 0 N–H and O–H groups in total. The second-order valence-corrected chi connectivity index (χ2v) is 8.29. The number of hydrogen-bond donors (Lipinski definition) is 0. The average Bonchev–Trinajstić information content (AvgIpc) is 3.37. The van der Waals surface area contributed by atoms with Gasteiger partial charge in [-0.25, -0.2) is 0 Å². The highest BCUT2D eigenvalue weighted by atomic mass is 16.5. The Morgan fingerprint density at radius 2 is 1.92 bits per heavy atom. The fraction of sp³-hybridized carbons (Fsp3) is 0.682. The van der Waals surface area contributed by atoms with Crippen LogP contribution in [0.4, 0.5) is 0 Å². The Balaban J connectivity index is 1.38. The van der Waals surface area contributed by atoms with Crippen LogP contribution in [0.5, 0.6) is 0 Å². The van der Waals surface area contributed by atoms with Gasteiger partial charge in [0.25, 0.3) is 0 Å². The van der Waals surface area contributed by atoms with Crippen LogP contribution in [0.2, 0.25) is 0 Å². The molecule has 0 unspecified atom stereocenters. The molecule has 4 heteroatoms. The summed E-state index contributed by atoms with van der Waals surface area (Å²) in [5.74, 6) is 2.08. The fourth-order valence-corrected chi connectivity index (χ4v) is 4.80. The zero-order valence-electron chi connectivity index (χ0n) is 15.8. The van der Waals surface area contributed by atoms with E-state index in [1.54, 1.807) is 0 Å². The molecule has 1 aromatic carbocycles. The predicted molar refractivity (Wildman–Crippen MR) is 101 cm³/mol. The molecule has 1 saturated heterocycles. The molecule has 0 aromatic heterocycles. The second kappa shape index (κ2) is 8.10. The molecule has 3 aliphatic rings. The van der Waals surface area contributed by atoms with Crippen LogP contribution in [-0.4, -0.2) is 43.2 Å². The van der Waals surface area contributed by atoms with Gasteiger partial charge in [0.15, 0.2) is 0 Å². The van der Waals surface area contributed by atoms with E-state index in [9.17, 15) is 4.79 Å². The molecule has 1 heterocycles. The number of fused-ring (bicyclic) bond motifs is 1. The molecule has 2 saturated carbocycles. The number of ether oxygens (including phenoxy) is 2. The van der Waals surface area contributed by atoms with Crippen molar-refractivity contribution in [3.05, 3.63) is 35.9 Å². The van der Waals surface area contributed by atoms with Crippen LogP contribution in [0, 0.1) is 17.8 Å². The zero-order valence-corrected chi connectivity index (χ0v) is 15.8. The number of nitrogens with zero attached hydrogens (tertiary/aromatic N) is 1. The maximum absolute atomic E-state index is 12.1. The van der Waals surface area contributed by atoms with Crippen molar-refractivity contribution in [3.8, 4) is 0 Å². The van der Waals surface area contributed by atoms with Gasteiger partial charge in [-0.3, -0.25) is 9.69 Å². The van der Waals surface area contributed by atoms with Gasteiger partial charge in [-0.05, 0) is 62.3 Å². The van der Waals surface area contributed by atoms with E-state index in [4.69, 9.17) is 9.47 Å². The van der Waals surface area contributed by atoms with Crippen molar-refractivity contribution in [1.29, 1.82) is 0 Å². The largest absolute Gasteiger partial charge is 0.465 e.